The molecule has 5 rings (SSSR count). The summed E-state index contributed by atoms with van der Waals surface area (Å²) < 4.78 is 5.13. The smallest absolute Gasteiger partial charge is 0.259 e. The van der Waals surface area contributed by atoms with Crippen LogP contribution < -0.4 is 15.1 Å². The van der Waals surface area contributed by atoms with Crippen LogP contribution >= 0.6 is 11.6 Å². The molecule has 1 saturated heterocycles. The van der Waals surface area contributed by atoms with Crippen LogP contribution in [0, 0.1) is 5.41 Å². The number of anilines is 2. The minimum Gasteiger partial charge on any atom is -0.426 e. The Bertz CT molecular complexity index is 1230. The second-order valence-electron chi connectivity index (χ2n) is 9.45. The third kappa shape index (κ3) is 4.75. The largest absolute Gasteiger partial charge is 0.426 e. The summed E-state index contributed by atoms with van der Waals surface area (Å²) in [4.78, 5) is 31.0. The van der Waals surface area contributed by atoms with Crippen molar-refractivity contribution in [1.29, 1.82) is 0 Å². The van der Waals surface area contributed by atoms with Crippen LogP contribution in [0.2, 0.25) is 5.02 Å². The van der Waals surface area contributed by atoms with Crippen LogP contribution in [0.4, 0.5) is 11.4 Å². The molecule has 2 aliphatic rings. The minimum atomic E-state index is -0.714. The van der Waals surface area contributed by atoms with Gasteiger partial charge in [-0.3, -0.25) is 9.59 Å². The fraction of sp³-hybridized carbons (Fsp3) is 0.385. The van der Waals surface area contributed by atoms with Gasteiger partial charge in [0.25, 0.3) is 5.91 Å². The van der Waals surface area contributed by atoms with Gasteiger partial charge in [-0.2, -0.15) is 0 Å². The second kappa shape index (κ2) is 9.70. The molecule has 3 heterocycles. The molecule has 0 aliphatic carbocycles. The van der Waals surface area contributed by atoms with Gasteiger partial charge in [0, 0.05) is 31.0 Å². The van der Waals surface area contributed by atoms with Crippen molar-refractivity contribution < 1.29 is 14.0 Å². The Hall–Kier alpha value is -3.39. The van der Waals surface area contributed by atoms with E-state index in [9.17, 15) is 9.59 Å². The predicted molar refractivity (Wildman–Crippen MR) is 134 cm³/mol. The van der Waals surface area contributed by atoms with Crippen molar-refractivity contribution in [2.45, 2.75) is 39.2 Å². The van der Waals surface area contributed by atoms with Gasteiger partial charge in [0.2, 0.25) is 18.2 Å². The summed E-state index contributed by atoms with van der Waals surface area (Å²) in [6.07, 6.45) is 4.57. The highest BCUT2D eigenvalue weighted by Crippen LogP contribution is 2.38. The second-order valence-corrected chi connectivity index (χ2v) is 9.85. The zero-order chi connectivity index (χ0) is 24.4. The summed E-state index contributed by atoms with van der Waals surface area (Å²) in [5, 5.41) is 10.8. The van der Waals surface area contributed by atoms with Crippen LogP contribution in [-0.4, -0.2) is 41.6 Å². The van der Waals surface area contributed by atoms with Crippen LogP contribution in [-0.2, 0) is 17.8 Å². The number of halogens is 1. The molecule has 1 N–H and O–H groups in total. The molecular formula is C26H28ClN5O3. The molecule has 2 aromatic carbocycles. The Labute approximate surface area is 209 Å². The summed E-state index contributed by atoms with van der Waals surface area (Å²) in [7, 11) is 0. The first-order valence-electron chi connectivity index (χ1n) is 11.9. The van der Waals surface area contributed by atoms with Crippen LogP contribution in [0.5, 0.6) is 0 Å². The lowest BCUT2D eigenvalue weighted by atomic mass is 9.80. The van der Waals surface area contributed by atoms with Gasteiger partial charge in [-0.05, 0) is 55.5 Å². The highest BCUT2D eigenvalue weighted by atomic mass is 35.5. The summed E-state index contributed by atoms with van der Waals surface area (Å²) >= 11 is 6.63. The first-order chi connectivity index (χ1) is 16.9. The number of carbonyl (C=O) groups excluding carboxylic acids is 2. The van der Waals surface area contributed by atoms with Gasteiger partial charge in [0.05, 0.1) is 22.5 Å². The van der Waals surface area contributed by atoms with Crippen LogP contribution in [0.25, 0.3) is 0 Å². The molecular weight excluding hydrogens is 466 g/mol. The standard InChI is InChI=1S/C26H28ClN5O3/c1-26(25(34)28-16-23-30-29-17-35-23)10-13-32(22-7-3-2-6-18(22)15-26)24(33)20-9-8-19(14-21(20)27)31-11-4-5-12-31/h2-3,6-9,14,17H,4-5,10-13,15-16H2,1H3,(H,28,34). The van der Waals surface area contributed by atoms with E-state index in [0.29, 0.717) is 35.9 Å². The predicted octanol–water partition coefficient (Wildman–Crippen LogP) is 4.24. The maximum Gasteiger partial charge on any atom is 0.259 e. The van der Waals surface area contributed by atoms with Gasteiger partial charge in [0.1, 0.15) is 0 Å². The molecule has 0 radical (unpaired) electrons. The van der Waals surface area contributed by atoms with Crippen LogP contribution in [0.3, 0.4) is 0 Å². The molecule has 0 spiro atoms. The number of nitrogens with one attached hydrogen (secondary N) is 1. The van der Waals surface area contributed by atoms with Gasteiger partial charge < -0.3 is 19.5 Å². The van der Waals surface area contributed by atoms with Crippen molar-refractivity contribution >= 4 is 34.8 Å². The number of rotatable bonds is 5. The number of amides is 2. The maximum atomic E-state index is 13.7. The van der Waals surface area contributed by atoms with Crippen molar-refractivity contribution in [3.8, 4) is 0 Å². The molecule has 182 valence electrons. The lowest BCUT2D eigenvalue weighted by molar-refractivity contribution is -0.130. The molecule has 8 nitrogen and oxygen atoms in total. The Morgan fingerprint density at radius 1 is 1.14 bits per heavy atom. The highest BCUT2D eigenvalue weighted by molar-refractivity contribution is 6.34. The number of hydrogen-bond donors (Lipinski definition) is 1. The van der Waals surface area contributed by atoms with Crippen molar-refractivity contribution in [2.75, 3.05) is 29.4 Å². The van der Waals surface area contributed by atoms with E-state index >= 15 is 0 Å². The van der Waals surface area contributed by atoms with Crippen molar-refractivity contribution in [3.63, 3.8) is 0 Å². The van der Waals surface area contributed by atoms with Gasteiger partial charge in [-0.25, -0.2) is 0 Å². The quantitative estimate of drug-likeness (QED) is 0.571. The topological polar surface area (TPSA) is 91.6 Å². The molecule has 9 heteroatoms. The maximum absolute atomic E-state index is 13.7. The summed E-state index contributed by atoms with van der Waals surface area (Å²) in [6, 6.07) is 13.4. The molecule has 0 saturated carbocycles. The number of nitrogens with zero attached hydrogens (tertiary/aromatic N) is 4. The van der Waals surface area contributed by atoms with E-state index in [2.05, 4.69) is 20.4 Å². The average Bonchev–Trinajstić information content (AvgIpc) is 3.55. The number of aromatic nitrogens is 2. The minimum absolute atomic E-state index is 0.118. The van der Waals surface area contributed by atoms with E-state index in [1.54, 1.807) is 4.90 Å². The molecule has 1 aromatic heterocycles. The van der Waals surface area contributed by atoms with Crippen molar-refractivity contribution in [3.05, 3.63) is 70.9 Å². The van der Waals surface area contributed by atoms with Crippen LogP contribution in [0.1, 0.15) is 48.0 Å². The van der Waals surface area contributed by atoms with E-state index < -0.39 is 5.41 Å². The fourth-order valence-electron chi connectivity index (χ4n) is 4.95. The van der Waals surface area contributed by atoms with Gasteiger partial charge in [-0.15, -0.1) is 10.2 Å². The molecule has 0 bridgehead atoms. The zero-order valence-electron chi connectivity index (χ0n) is 19.7. The molecule has 1 fully saturated rings. The van der Waals surface area contributed by atoms with E-state index in [4.69, 9.17) is 16.0 Å². The van der Waals surface area contributed by atoms with Gasteiger partial charge in [0.15, 0.2) is 0 Å². The first-order valence-corrected chi connectivity index (χ1v) is 12.3. The zero-order valence-corrected chi connectivity index (χ0v) is 20.4. The molecule has 2 amide bonds. The van der Waals surface area contributed by atoms with Gasteiger partial charge in [-0.1, -0.05) is 36.7 Å². The van der Waals surface area contributed by atoms with Crippen LogP contribution in [0.15, 0.2) is 53.3 Å². The van der Waals surface area contributed by atoms with E-state index in [1.807, 2.05) is 49.4 Å². The van der Waals surface area contributed by atoms with E-state index in [-0.39, 0.29) is 18.4 Å². The molecule has 3 aromatic rings. The SMILES string of the molecule is CC1(C(=O)NCc2nnco2)CCN(C(=O)c2ccc(N3CCCC3)cc2Cl)c2ccccc2C1. The molecule has 35 heavy (non-hydrogen) atoms. The number of benzene rings is 2. The first kappa shape index (κ1) is 23.4. The number of carbonyl (C=O) groups is 2. The Morgan fingerprint density at radius 3 is 2.69 bits per heavy atom. The third-order valence-corrected chi connectivity index (χ3v) is 7.32. The highest BCUT2D eigenvalue weighted by Gasteiger charge is 2.38. The lowest BCUT2D eigenvalue weighted by Crippen LogP contribution is -2.41. The summed E-state index contributed by atoms with van der Waals surface area (Å²) in [5.74, 6) is 0.0681. The Morgan fingerprint density at radius 2 is 1.94 bits per heavy atom. The Kier molecular flexibility index (Phi) is 6.47. The molecule has 1 unspecified atom stereocenters. The van der Waals surface area contributed by atoms with E-state index in [0.717, 1.165) is 30.0 Å². The lowest BCUT2D eigenvalue weighted by Gasteiger charge is -2.27. The average molecular weight is 494 g/mol. The number of fused-ring (bicyclic) bond motifs is 1. The number of para-hydroxylation sites is 1. The monoisotopic (exact) mass is 493 g/mol. The van der Waals surface area contributed by atoms with Crippen molar-refractivity contribution in [1.82, 2.24) is 15.5 Å². The fourth-order valence-corrected chi connectivity index (χ4v) is 5.21. The number of hydrogen-bond acceptors (Lipinski definition) is 6. The molecule has 2 aliphatic heterocycles. The third-order valence-electron chi connectivity index (χ3n) is 7.00. The van der Waals surface area contributed by atoms with Crippen molar-refractivity contribution in [2.24, 2.45) is 5.41 Å². The molecule has 1 atom stereocenters. The summed E-state index contributed by atoms with van der Waals surface area (Å²) in [5.41, 5.74) is 2.55. The summed E-state index contributed by atoms with van der Waals surface area (Å²) in [6.45, 7) is 4.51. The normalized spacial score (nSPS) is 19.8. The Balaban J connectivity index is 1.38. The van der Waals surface area contributed by atoms with Gasteiger partial charge >= 0.3 is 0 Å². The van der Waals surface area contributed by atoms with E-state index in [1.165, 1.54) is 19.2 Å².